The first-order valence-electron chi connectivity index (χ1n) is 13.6. The molecule has 0 amide bonds. The van der Waals surface area contributed by atoms with E-state index in [1.54, 1.807) is 30.3 Å². The Morgan fingerprint density at radius 1 is 1.00 bits per heavy atom. The monoisotopic (exact) mass is 646 g/mol. The molecule has 2 N–H and O–H groups in total. The molecule has 0 unspecified atom stereocenters. The van der Waals surface area contributed by atoms with Crippen molar-refractivity contribution in [3.63, 3.8) is 0 Å². The minimum absolute atomic E-state index is 0.129. The summed E-state index contributed by atoms with van der Waals surface area (Å²) in [5.74, 6) is 1.77. The Bertz CT molecular complexity index is 1730. The van der Waals surface area contributed by atoms with Gasteiger partial charge in [0, 0.05) is 23.6 Å². The molecule has 0 aliphatic heterocycles. The van der Waals surface area contributed by atoms with Crippen molar-refractivity contribution in [3.8, 4) is 17.0 Å². The summed E-state index contributed by atoms with van der Waals surface area (Å²) in [7, 11) is -3.28. The summed E-state index contributed by atoms with van der Waals surface area (Å²) in [5.41, 5.74) is 3.49. The van der Waals surface area contributed by atoms with E-state index < -0.39 is 15.6 Å². The van der Waals surface area contributed by atoms with Crippen LogP contribution in [0.2, 0.25) is 15.1 Å². The fourth-order valence-corrected chi connectivity index (χ4v) is 6.90. The van der Waals surface area contributed by atoms with Crippen LogP contribution in [-0.4, -0.2) is 24.9 Å². The van der Waals surface area contributed by atoms with Crippen LogP contribution < -0.4 is 9.46 Å². The van der Waals surface area contributed by atoms with Crippen LogP contribution in [0, 0.1) is 0 Å². The van der Waals surface area contributed by atoms with E-state index in [2.05, 4.69) is 9.88 Å². The maximum Gasteiger partial charge on any atom is 0.209 e. The van der Waals surface area contributed by atoms with Gasteiger partial charge in [0.1, 0.15) is 23.8 Å². The van der Waals surface area contributed by atoms with E-state index in [1.165, 1.54) is 0 Å². The van der Waals surface area contributed by atoms with Crippen LogP contribution in [-0.2, 0) is 28.8 Å². The lowest BCUT2D eigenvalue weighted by Gasteiger charge is -2.45. The number of aliphatic hydroxyl groups is 1. The highest BCUT2D eigenvalue weighted by molar-refractivity contribution is 7.88. The van der Waals surface area contributed by atoms with E-state index in [4.69, 9.17) is 44.1 Å². The highest BCUT2D eigenvalue weighted by atomic mass is 35.5. The Morgan fingerprint density at radius 2 is 1.71 bits per heavy atom. The predicted octanol–water partition coefficient (Wildman–Crippen LogP) is 7.57. The topological polar surface area (TPSA) is 102 Å². The van der Waals surface area contributed by atoms with E-state index in [9.17, 15) is 13.5 Å². The number of hydrogen-bond donors (Lipinski definition) is 2. The van der Waals surface area contributed by atoms with Gasteiger partial charge < -0.3 is 14.4 Å². The maximum absolute atomic E-state index is 11.4. The van der Waals surface area contributed by atoms with Crippen LogP contribution in [0.15, 0.2) is 65.2 Å². The zero-order valence-corrected chi connectivity index (χ0v) is 25.8. The minimum Gasteiger partial charge on any atom is -0.489 e. The Kier molecular flexibility index (Phi) is 8.06. The predicted molar refractivity (Wildman–Crippen MR) is 164 cm³/mol. The Hall–Kier alpha value is -2.59. The van der Waals surface area contributed by atoms with Gasteiger partial charge in [0.15, 0.2) is 0 Å². The lowest BCUT2D eigenvalue weighted by molar-refractivity contribution is -0.0549. The van der Waals surface area contributed by atoms with Gasteiger partial charge in [0.2, 0.25) is 10.0 Å². The van der Waals surface area contributed by atoms with Gasteiger partial charge in [-0.25, -0.2) is 13.1 Å². The molecule has 1 aromatic heterocycles. The van der Waals surface area contributed by atoms with Crippen LogP contribution >= 0.6 is 34.8 Å². The van der Waals surface area contributed by atoms with E-state index in [0.717, 1.165) is 41.5 Å². The van der Waals surface area contributed by atoms with Gasteiger partial charge in [-0.2, -0.15) is 0 Å². The summed E-state index contributed by atoms with van der Waals surface area (Å²) in [5, 5.41) is 17.1. The summed E-state index contributed by atoms with van der Waals surface area (Å²) < 4.78 is 37.3. The fourth-order valence-electron chi connectivity index (χ4n) is 5.55. The quantitative estimate of drug-likeness (QED) is 0.184. The standard InChI is InChI=1S/C31H29Cl3N2O5S/c1-42(38,39)35-16-18-4-2-5-20(12-18)21-14-31(37,15-21)24-11-10-22(13-27(24)34)40-17-23-29(36-41-30(23)19-8-9-19)28-25(32)6-3-7-26(28)33/h2-7,10-13,19,21,35,37H,8-9,14-17H2,1H3/t21-,31+. The molecule has 2 aliphatic rings. The molecular weight excluding hydrogens is 619 g/mol. The number of aromatic nitrogens is 1. The van der Waals surface area contributed by atoms with E-state index in [-0.39, 0.29) is 19.1 Å². The maximum atomic E-state index is 11.4. The van der Waals surface area contributed by atoms with E-state index in [0.29, 0.717) is 56.4 Å². The third-order valence-corrected chi connectivity index (χ3v) is 9.53. The molecule has 2 aliphatic carbocycles. The van der Waals surface area contributed by atoms with Crippen LogP contribution in [0.3, 0.4) is 0 Å². The Morgan fingerprint density at radius 3 is 2.38 bits per heavy atom. The summed E-state index contributed by atoms with van der Waals surface area (Å²) in [6.07, 6.45) is 4.20. The van der Waals surface area contributed by atoms with Gasteiger partial charge >= 0.3 is 0 Å². The lowest BCUT2D eigenvalue weighted by Crippen LogP contribution is -2.40. The largest absolute Gasteiger partial charge is 0.489 e. The van der Waals surface area contributed by atoms with Gasteiger partial charge in [0.25, 0.3) is 0 Å². The average molecular weight is 648 g/mol. The van der Waals surface area contributed by atoms with Crippen molar-refractivity contribution in [2.24, 2.45) is 0 Å². The molecule has 3 aromatic carbocycles. The number of sulfonamides is 1. The number of hydrogen-bond acceptors (Lipinski definition) is 6. The van der Waals surface area contributed by atoms with Crippen molar-refractivity contribution in [2.45, 2.75) is 56.3 Å². The van der Waals surface area contributed by atoms with Gasteiger partial charge in [0.05, 0.1) is 32.5 Å². The fraction of sp³-hybridized carbons (Fsp3) is 0.323. The highest BCUT2D eigenvalue weighted by Crippen LogP contribution is 2.53. The summed E-state index contributed by atoms with van der Waals surface area (Å²) in [4.78, 5) is 0. The third kappa shape index (κ3) is 6.20. The Balaban J connectivity index is 1.15. The number of rotatable bonds is 10. The Labute approximate surface area is 259 Å². The van der Waals surface area contributed by atoms with Crippen molar-refractivity contribution >= 4 is 44.8 Å². The molecule has 2 fully saturated rings. The molecule has 0 atom stereocenters. The van der Waals surface area contributed by atoms with Gasteiger partial charge in [-0.15, -0.1) is 0 Å². The molecule has 0 bridgehead atoms. The number of benzene rings is 3. The number of halogens is 3. The first kappa shape index (κ1) is 29.5. The second-order valence-electron chi connectivity index (χ2n) is 11.2. The molecule has 7 nitrogen and oxygen atoms in total. The van der Waals surface area contributed by atoms with Crippen LogP contribution in [0.4, 0.5) is 0 Å². The number of nitrogens with one attached hydrogen (secondary N) is 1. The summed E-state index contributed by atoms with van der Waals surface area (Å²) >= 11 is 19.6. The second-order valence-corrected chi connectivity index (χ2v) is 14.2. The van der Waals surface area contributed by atoms with Crippen LogP contribution in [0.5, 0.6) is 5.75 Å². The van der Waals surface area contributed by atoms with Crippen molar-refractivity contribution in [2.75, 3.05) is 6.26 Å². The zero-order chi connectivity index (χ0) is 29.6. The van der Waals surface area contributed by atoms with Gasteiger partial charge in [-0.1, -0.05) is 76.4 Å². The van der Waals surface area contributed by atoms with E-state index >= 15 is 0 Å². The summed E-state index contributed by atoms with van der Waals surface area (Å²) in [6.45, 7) is 0.416. The normalized spacial score (nSPS) is 20.4. The molecule has 0 spiro atoms. The lowest BCUT2D eigenvalue weighted by atomic mass is 9.65. The third-order valence-electron chi connectivity index (χ3n) is 7.92. The molecule has 42 heavy (non-hydrogen) atoms. The van der Waals surface area contributed by atoms with Gasteiger partial charge in [-0.05, 0) is 67.0 Å². The van der Waals surface area contributed by atoms with Crippen LogP contribution in [0.1, 0.15) is 65.5 Å². The van der Waals surface area contributed by atoms with Crippen molar-refractivity contribution in [1.82, 2.24) is 9.88 Å². The SMILES string of the molecule is CS(=O)(=O)NCc1cccc([C@H]2C[C@](O)(c3ccc(OCc4c(-c5c(Cl)cccc5Cl)noc4C4CC4)cc3Cl)C2)c1. The van der Waals surface area contributed by atoms with Gasteiger partial charge in [-0.3, -0.25) is 0 Å². The van der Waals surface area contributed by atoms with Crippen molar-refractivity contribution in [1.29, 1.82) is 0 Å². The summed E-state index contributed by atoms with van der Waals surface area (Å²) in [6, 6.07) is 18.4. The van der Waals surface area contributed by atoms with E-state index in [1.807, 2.05) is 30.3 Å². The first-order chi connectivity index (χ1) is 20.0. The number of nitrogens with zero attached hydrogens (tertiary/aromatic N) is 1. The smallest absolute Gasteiger partial charge is 0.209 e. The molecule has 0 radical (unpaired) electrons. The second kappa shape index (κ2) is 11.5. The molecule has 0 saturated heterocycles. The molecule has 11 heteroatoms. The first-order valence-corrected chi connectivity index (χ1v) is 16.6. The van der Waals surface area contributed by atoms with Crippen LogP contribution in [0.25, 0.3) is 11.3 Å². The molecule has 6 rings (SSSR count). The average Bonchev–Trinajstić information content (AvgIpc) is 3.69. The zero-order valence-electron chi connectivity index (χ0n) is 22.7. The molecule has 1 heterocycles. The van der Waals surface area contributed by atoms with Crippen molar-refractivity contribution in [3.05, 3.63) is 104 Å². The highest BCUT2D eigenvalue weighted by Gasteiger charge is 2.45. The molecule has 2 saturated carbocycles. The van der Waals surface area contributed by atoms with Crippen molar-refractivity contribution < 1.29 is 22.8 Å². The molecule has 220 valence electrons. The molecule has 4 aromatic rings. The number of ether oxygens (including phenoxy) is 1. The minimum atomic E-state index is -3.28. The molecular formula is C31H29Cl3N2O5S.